The van der Waals surface area contributed by atoms with Crippen molar-refractivity contribution in [2.24, 2.45) is 0 Å². The van der Waals surface area contributed by atoms with Crippen molar-refractivity contribution in [2.75, 3.05) is 11.9 Å². The first-order valence-electron chi connectivity index (χ1n) is 6.42. The summed E-state index contributed by atoms with van der Waals surface area (Å²) < 4.78 is 10.5. The highest BCUT2D eigenvalue weighted by Gasteiger charge is 2.19. The first-order valence-corrected chi connectivity index (χ1v) is 6.42. The molecule has 2 aromatic rings. The zero-order chi connectivity index (χ0) is 14.9. The second kappa shape index (κ2) is 5.40. The Kier molecular flexibility index (Phi) is 3.83. The van der Waals surface area contributed by atoms with Crippen LogP contribution in [-0.2, 0) is 13.0 Å². The summed E-state index contributed by atoms with van der Waals surface area (Å²) in [6.45, 7) is 6.21. The number of aromatic carboxylic acids is 1. The van der Waals surface area contributed by atoms with Gasteiger partial charge in [0, 0.05) is 25.6 Å². The number of hydrogen-bond acceptors (Lipinski definition) is 5. The van der Waals surface area contributed by atoms with Crippen LogP contribution in [0.1, 0.15) is 40.3 Å². The Bertz CT molecular complexity index is 608. The van der Waals surface area contributed by atoms with Gasteiger partial charge >= 0.3 is 5.97 Å². The fourth-order valence-electron chi connectivity index (χ4n) is 2.36. The first kappa shape index (κ1) is 14.2. The molecule has 108 valence electrons. The molecule has 2 heterocycles. The predicted molar refractivity (Wildman–Crippen MR) is 73.1 cm³/mol. The molecule has 0 aromatic carbocycles. The van der Waals surface area contributed by atoms with E-state index < -0.39 is 5.97 Å². The molecule has 0 aliphatic carbocycles. The number of carboxylic acids is 1. The van der Waals surface area contributed by atoms with Gasteiger partial charge in [-0.15, -0.1) is 0 Å². The van der Waals surface area contributed by atoms with Crippen LogP contribution >= 0.6 is 0 Å². The molecule has 0 spiro atoms. The number of carbonyl (C=O) groups is 1. The molecule has 0 unspecified atom stereocenters. The van der Waals surface area contributed by atoms with Gasteiger partial charge in [0.05, 0.1) is 0 Å². The van der Waals surface area contributed by atoms with Crippen LogP contribution in [0.2, 0.25) is 0 Å². The summed E-state index contributed by atoms with van der Waals surface area (Å²) in [5.41, 5.74) is 2.60. The lowest BCUT2D eigenvalue weighted by atomic mass is 10.2. The van der Waals surface area contributed by atoms with E-state index in [1.807, 2.05) is 32.7 Å². The lowest BCUT2D eigenvalue weighted by Gasteiger charge is -2.18. The number of furan rings is 1. The molecule has 0 amide bonds. The van der Waals surface area contributed by atoms with Crippen LogP contribution in [0.5, 0.6) is 0 Å². The normalized spacial score (nSPS) is 10.8. The van der Waals surface area contributed by atoms with Crippen LogP contribution in [0.4, 0.5) is 5.69 Å². The highest BCUT2D eigenvalue weighted by atomic mass is 16.5. The lowest BCUT2D eigenvalue weighted by Crippen LogP contribution is -2.18. The third-order valence-electron chi connectivity index (χ3n) is 3.21. The largest absolute Gasteiger partial charge is 0.475 e. The van der Waals surface area contributed by atoms with Crippen LogP contribution < -0.4 is 4.90 Å². The van der Waals surface area contributed by atoms with Crippen molar-refractivity contribution in [1.82, 2.24) is 5.16 Å². The molecule has 0 atom stereocenters. The fraction of sp³-hybridized carbons (Fsp3) is 0.429. The monoisotopic (exact) mass is 278 g/mol. The van der Waals surface area contributed by atoms with E-state index >= 15 is 0 Å². The minimum absolute atomic E-state index is 0.0241. The molecule has 2 aromatic heterocycles. The summed E-state index contributed by atoms with van der Waals surface area (Å²) in [5, 5.41) is 12.9. The van der Waals surface area contributed by atoms with E-state index in [0.29, 0.717) is 18.7 Å². The Hall–Kier alpha value is -2.24. The summed E-state index contributed by atoms with van der Waals surface area (Å²) in [6.07, 6.45) is 0.651. The van der Waals surface area contributed by atoms with Crippen molar-refractivity contribution in [3.05, 3.63) is 34.6 Å². The molecule has 0 saturated carbocycles. The van der Waals surface area contributed by atoms with E-state index in [9.17, 15) is 4.79 Å². The summed E-state index contributed by atoms with van der Waals surface area (Å²) in [6, 6.07) is 1.58. The number of rotatable bonds is 5. The van der Waals surface area contributed by atoms with Crippen molar-refractivity contribution in [3.8, 4) is 0 Å². The van der Waals surface area contributed by atoms with Gasteiger partial charge < -0.3 is 18.9 Å². The van der Waals surface area contributed by atoms with Crippen molar-refractivity contribution >= 4 is 11.7 Å². The van der Waals surface area contributed by atoms with E-state index in [-0.39, 0.29) is 5.76 Å². The number of aryl methyl sites for hydroxylation is 3. The van der Waals surface area contributed by atoms with E-state index in [2.05, 4.69) is 5.16 Å². The molecule has 0 bridgehead atoms. The summed E-state index contributed by atoms with van der Waals surface area (Å²) >= 11 is 0. The van der Waals surface area contributed by atoms with Gasteiger partial charge in [-0.1, -0.05) is 12.1 Å². The van der Waals surface area contributed by atoms with Gasteiger partial charge in [0.25, 0.3) is 0 Å². The van der Waals surface area contributed by atoms with E-state index in [1.54, 1.807) is 6.07 Å². The molecular formula is C14H18N2O4. The van der Waals surface area contributed by atoms with Crippen LogP contribution in [-0.4, -0.2) is 23.3 Å². The maximum Gasteiger partial charge on any atom is 0.371 e. The first-order chi connectivity index (χ1) is 9.43. The number of aromatic nitrogens is 1. The standard InChI is InChI=1S/C14H18N2O4/c1-5-11-10(6-12(19-11)14(17)18)7-16(4)13-8(2)15-20-9(13)3/h6H,5,7H2,1-4H3,(H,17,18). The van der Waals surface area contributed by atoms with Gasteiger partial charge in [-0.25, -0.2) is 4.79 Å². The second-order valence-corrected chi connectivity index (χ2v) is 4.75. The number of anilines is 1. The van der Waals surface area contributed by atoms with Crippen molar-refractivity contribution in [3.63, 3.8) is 0 Å². The molecule has 2 rings (SSSR count). The second-order valence-electron chi connectivity index (χ2n) is 4.75. The average Bonchev–Trinajstić information content (AvgIpc) is 2.93. The molecule has 0 fully saturated rings. The van der Waals surface area contributed by atoms with Crippen LogP contribution in [0.25, 0.3) is 0 Å². The van der Waals surface area contributed by atoms with Crippen LogP contribution in [0.15, 0.2) is 15.0 Å². The minimum Gasteiger partial charge on any atom is -0.475 e. The Morgan fingerprint density at radius 2 is 2.15 bits per heavy atom. The highest BCUT2D eigenvalue weighted by molar-refractivity contribution is 5.84. The predicted octanol–water partition coefficient (Wildman–Crippen LogP) is 2.78. The SMILES string of the molecule is CCc1oc(C(=O)O)cc1CN(C)c1c(C)noc1C. The summed E-state index contributed by atoms with van der Waals surface area (Å²) in [7, 11) is 1.92. The van der Waals surface area contributed by atoms with Crippen LogP contribution in [0, 0.1) is 13.8 Å². The Labute approximate surface area is 117 Å². The average molecular weight is 278 g/mol. The van der Waals surface area contributed by atoms with Crippen molar-refractivity contribution in [2.45, 2.75) is 33.7 Å². The maximum absolute atomic E-state index is 11.0. The van der Waals surface area contributed by atoms with E-state index in [0.717, 1.165) is 22.7 Å². The van der Waals surface area contributed by atoms with Gasteiger partial charge in [0.15, 0.2) is 5.76 Å². The van der Waals surface area contributed by atoms with E-state index in [4.69, 9.17) is 14.0 Å². The number of nitrogens with zero attached hydrogens (tertiary/aromatic N) is 2. The fourth-order valence-corrected chi connectivity index (χ4v) is 2.36. The van der Waals surface area contributed by atoms with Crippen LogP contribution in [0.3, 0.4) is 0 Å². The number of hydrogen-bond donors (Lipinski definition) is 1. The third-order valence-corrected chi connectivity index (χ3v) is 3.21. The van der Waals surface area contributed by atoms with Gasteiger partial charge in [0.2, 0.25) is 5.76 Å². The molecule has 20 heavy (non-hydrogen) atoms. The molecular weight excluding hydrogens is 260 g/mol. The van der Waals surface area contributed by atoms with Gasteiger partial charge in [-0.05, 0) is 19.9 Å². The zero-order valence-electron chi connectivity index (χ0n) is 12.1. The Balaban J connectivity index is 2.27. The maximum atomic E-state index is 11.0. The molecule has 6 heteroatoms. The molecule has 0 aliphatic rings. The molecule has 0 radical (unpaired) electrons. The molecule has 0 saturated heterocycles. The molecule has 6 nitrogen and oxygen atoms in total. The van der Waals surface area contributed by atoms with Crippen molar-refractivity contribution in [1.29, 1.82) is 0 Å². The van der Waals surface area contributed by atoms with Gasteiger partial charge in [-0.2, -0.15) is 0 Å². The van der Waals surface area contributed by atoms with Gasteiger partial charge in [0.1, 0.15) is 17.1 Å². The smallest absolute Gasteiger partial charge is 0.371 e. The summed E-state index contributed by atoms with van der Waals surface area (Å²) in [4.78, 5) is 13.0. The quantitative estimate of drug-likeness (QED) is 0.905. The molecule has 1 N–H and O–H groups in total. The lowest BCUT2D eigenvalue weighted by molar-refractivity contribution is 0.0660. The topological polar surface area (TPSA) is 79.7 Å². The summed E-state index contributed by atoms with van der Waals surface area (Å²) in [5.74, 6) is 0.362. The third kappa shape index (κ3) is 2.54. The minimum atomic E-state index is -1.05. The van der Waals surface area contributed by atoms with Gasteiger partial charge in [-0.3, -0.25) is 0 Å². The number of carboxylic acid groups (broad SMARTS) is 1. The zero-order valence-corrected chi connectivity index (χ0v) is 12.1. The highest BCUT2D eigenvalue weighted by Crippen LogP contribution is 2.26. The van der Waals surface area contributed by atoms with E-state index in [1.165, 1.54) is 0 Å². The Morgan fingerprint density at radius 3 is 2.65 bits per heavy atom. The van der Waals surface area contributed by atoms with Crippen molar-refractivity contribution < 1.29 is 18.8 Å². The molecule has 0 aliphatic heterocycles. The Morgan fingerprint density at radius 1 is 1.45 bits per heavy atom.